The van der Waals surface area contributed by atoms with Crippen LogP contribution >= 0.6 is 0 Å². The van der Waals surface area contributed by atoms with Crippen molar-refractivity contribution in [3.8, 4) is 0 Å². The zero-order chi connectivity index (χ0) is 25.4. The van der Waals surface area contributed by atoms with Gasteiger partial charge in [0.15, 0.2) is 0 Å². The van der Waals surface area contributed by atoms with Gasteiger partial charge in [-0.15, -0.1) is 0 Å². The van der Waals surface area contributed by atoms with Crippen LogP contribution in [0.1, 0.15) is 24.5 Å². The van der Waals surface area contributed by atoms with Gasteiger partial charge in [-0.2, -0.15) is 13.2 Å². The Hall–Kier alpha value is -3.63. The van der Waals surface area contributed by atoms with Crippen LogP contribution in [0.5, 0.6) is 0 Å². The number of alkyl halides is 3. The van der Waals surface area contributed by atoms with Crippen LogP contribution in [0.2, 0.25) is 0 Å². The Morgan fingerprint density at radius 2 is 1.69 bits per heavy atom. The Morgan fingerprint density at radius 3 is 2.29 bits per heavy atom. The number of carbonyl (C=O) groups is 3. The Labute approximate surface area is 199 Å². The molecule has 4 amide bonds. The molecule has 0 bridgehead atoms. The molecule has 2 fully saturated rings. The van der Waals surface area contributed by atoms with Gasteiger partial charge in [-0.1, -0.05) is 25.1 Å². The smallest absolute Gasteiger partial charge is 0.368 e. The second kappa shape index (κ2) is 9.20. The highest BCUT2D eigenvalue weighted by atomic mass is 19.4. The number of carbonyl (C=O) groups excluding carboxylic acids is 3. The fraction of sp³-hybridized carbons (Fsp3) is 0.375. The Bertz CT molecular complexity index is 1130. The molecule has 2 heterocycles. The minimum absolute atomic E-state index is 0.212. The van der Waals surface area contributed by atoms with Gasteiger partial charge in [0.1, 0.15) is 17.9 Å². The number of halogens is 4. The van der Waals surface area contributed by atoms with Crippen molar-refractivity contribution in [3.05, 3.63) is 65.5 Å². The first kappa shape index (κ1) is 24.5. The summed E-state index contributed by atoms with van der Waals surface area (Å²) in [5, 5.41) is 2.65. The molecule has 2 aliphatic rings. The van der Waals surface area contributed by atoms with Crippen molar-refractivity contribution in [2.75, 3.05) is 37.6 Å². The van der Waals surface area contributed by atoms with Gasteiger partial charge in [-0.25, -0.2) is 9.18 Å². The average molecular weight is 492 g/mol. The predicted octanol–water partition coefficient (Wildman–Crippen LogP) is 3.35. The molecule has 1 unspecified atom stereocenters. The summed E-state index contributed by atoms with van der Waals surface area (Å²) < 4.78 is 52.4. The molecule has 0 aliphatic carbocycles. The first-order valence-electron chi connectivity index (χ1n) is 11.2. The van der Waals surface area contributed by atoms with E-state index >= 15 is 0 Å². The molecule has 1 atom stereocenters. The molecule has 0 spiro atoms. The molecule has 186 valence electrons. The van der Waals surface area contributed by atoms with Crippen molar-refractivity contribution in [2.45, 2.75) is 25.1 Å². The Balaban J connectivity index is 1.40. The van der Waals surface area contributed by atoms with E-state index in [0.29, 0.717) is 24.3 Å². The van der Waals surface area contributed by atoms with E-state index in [2.05, 4.69) is 5.32 Å². The molecule has 2 saturated heterocycles. The first-order chi connectivity index (χ1) is 16.5. The second-order valence-electron chi connectivity index (χ2n) is 8.50. The Morgan fingerprint density at radius 1 is 1.03 bits per heavy atom. The van der Waals surface area contributed by atoms with Gasteiger partial charge in [-0.05, 0) is 42.3 Å². The summed E-state index contributed by atoms with van der Waals surface area (Å²) in [6.07, 6.45) is -4.23. The summed E-state index contributed by atoms with van der Waals surface area (Å²) in [5.74, 6) is -1.51. The van der Waals surface area contributed by atoms with Gasteiger partial charge >= 0.3 is 12.2 Å². The van der Waals surface area contributed by atoms with Crippen LogP contribution in [0.25, 0.3) is 0 Å². The fourth-order valence-corrected chi connectivity index (χ4v) is 4.47. The molecule has 2 aromatic carbocycles. The summed E-state index contributed by atoms with van der Waals surface area (Å²) in [5.41, 5.74) is -1.29. The quantitative estimate of drug-likeness (QED) is 0.514. The monoisotopic (exact) mass is 492 g/mol. The molecule has 1 N–H and O–H groups in total. The predicted molar refractivity (Wildman–Crippen MR) is 119 cm³/mol. The first-order valence-corrected chi connectivity index (χ1v) is 11.2. The maximum Gasteiger partial charge on any atom is 0.416 e. The van der Waals surface area contributed by atoms with Gasteiger partial charge in [0.25, 0.3) is 5.91 Å². The van der Waals surface area contributed by atoms with Crippen LogP contribution in [0, 0.1) is 5.82 Å². The minimum atomic E-state index is -4.45. The SMILES string of the molecule is CCC1(c2ccc(F)cc2)NC(=O)N(CC(=O)N2CCN(c3cccc(C(F)(F)F)c3)CC2)C1=O. The summed E-state index contributed by atoms with van der Waals surface area (Å²) in [7, 11) is 0. The number of hydrogen-bond acceptors (Lipinski definition) is 4. The van der Waals surface area contributed by atoms with Crippen LogP contribution < -0.4 is 10.2 Å². The summed E-state index contributed by atoms with van der Waals surface area (Å²) in [4.78, 5) is 42.8. The van der Waals surface area contributed by atoms with Gasteiger partial charge in [0, 0.05) is 31.9 Å². The van der Waals surface area contributed by atoms with E-state index in [0.717, 1.165) is 17.0 Å². The molecular formula is C24H24F4N4O3. The lowest BCUT2D eigenvalue weighted by Crippen LogP contribution is -2.52. The second-order valence-corrected chi connectivity index (χ2v) is 8.50. The molecule has 4 rings (SSSR count). The van der Waals surface area contributed by atoms with Crippen LogP contribution in [-0.4, -0.2) is 60.4 Å². The average Bonchev–Trinajstić information content (AvgIpc) is 3.09. The number of amides is 4. The van der Waals surface area contributed by atoms with E-state index in [1.807, 2.05) is 0 Å². The highest BCUT2D eigenvalue weighted by Gasteiger charge is 2.51. The normalized spacial score (nSPS) is 20.9. The van der Waals surface area contributed by atoms with E-state index in [9.17, 15) is 31.9 Å². The van der Waals surface area contributed by atoms with Crippen molar-refractivity contribution >= 4 is 23.5 Å². The summed E-state index contributed by atoms with van der Waals surface area (Å²) in [6, 6.07) is 9.54. The maximum atomic E-state index is 13.4. The van der Waals surface area contributed by atoms with Crippen molar-refractivity contribution in [3.63, 3.8) is 0 Å². The van der Waals surface area contributed by atoms with E-state index in [-0.39, 0.29) is 19.5 Å². The third-order valence-corrected chi connectivity index (χ3v) is 6.51. The van der Waals surface area contributed by atoms with Gasteiger partial charge in [0.2, 0.25) is 5.91 Å². The number of nitrogens with one attached hydrogen (secondary N) is 1. The van der Waals surface area contributed by atoms with E-state index in [4.69, 9.17) is 0 Å². The number of nitrogens with zero attached hydrogens (tertiary/aromatic N) is 3. The molecule has 0 radical (unpaired) electrons. The van der Waals surface area contributed by atoms with Crippen molar-refractivity contribution in [1.82, 2.24) is 15.1 Å². The minimum Gasteiger partial charge on any atom is -0.368 e. The molecule has 2 aromatic rings. The van der Waals surface area contributed by atoms with Gasteiger partial charge in [0.05, 0.1) is 5.56 Å². The van der Waals surface area contributed by atoms with Crippen LogP contribution in [0.4, 0.5) is 28.0 Å². The van der Waals surface area contributed by atoms with E-state index in [1.54, 1.807) is 17.9 Å². The molecule has 0 saturated carbocycles. The van der Waals surface area contributed by atoms with Crippen LogP contribution in [0.15, 0.2) is 48.5 Å². The summed E-state index contributed by atoms with van der Waals surface area (Å²) in [6.45, 7) is 2.32. The van der Waals surface area contributed by atoms with Crippen LogP contribution in [-0.2, 0) is 21.3 Å². The lowest BCUT2D eigenvalue weighted by molar-refractivity contribution is -0.139. The molecule has 35 heavy (non-hydrogen) atoms. The molecule has 11 heteroatoms. The van der Waals surface area contributed by atoms with E-state index < -0.39 is 47.5 Å². The lowest BCUT2D eigenvalue weighted by atomic mass is 9.87. The maximum absolute atomic E-state index is 13.4. The van der Waals surface area contributed by atoms with Crippen LogP contribution in [0.3, 0.4) is 0 Å². The van der Waals surface area contributed by atoms with Crippen molar-refractivity contribution < 1.29 is 31.9 Å². The molecule has 0 aromatic heterocycles. The lowest BCUT2D eigenvalue weighted by Gasteiger charge is -2.36. The molecule has 7 nitrogen and oxygen atoms in total. The highest BCUT2D eigenvalue weighted by molar-refractivity contribution is 6.09. The standard InChI is InChI=1S/C24H24F4N4O3/c1-2-23(16-6-8-18(25)9-7-16)21(34)32(22(35)29-23)15-20(33)31-12-10-30(11-13-31)19-5-3-4-17(14-19)24(26,27)28/h3-9,14H,2,10-13,15H2,1H3,(H,29,35). The number of hydrogen-bond donors (Lipinski definition) is 1. The zero-order valence-electron chi connectivity index (χ0n) is 18.9. The zero-order valence-corrected chi connectivity index (χ0v) is 18.9. The molecule has 2 aliphatic heterocycles. The Kier molecular flexibility index (Phi) is 6.44. The number of piperazine rings is 1. The van der Waals surface area contributed by atoms with Crippen molar-refractivity contribution in [1.29, 1.82) is 0 Å². The van der Waals surface area contributed by atoms with E-state index in [1.165, 1.54) is 35.2 Å². The number of anilines is 1. The highest BCUT2D eigenvalue weighted by Crippen LogP contribution is 2.33. The summed E-state index contributed by atoms with van der Waals surface area (Å²) >= 11 is 0. The number of rotatable bonds is 5. The van der Waals surface area contributed by atoms with Gasteiger partial charge < -0.3 is 15.1 Å². The topological polar surface area (TPSA) is 73.0 Å². The number of imide groups is 1. The fourth-order valence-electron chi connectivity index (χ4n) is 4.47. The third kappa shape index (κ3) is 4.67. The van der Waals surface area contributed by atoms with Gasteiger partial charge in [-0.3, -0.25) is 14.5 Å². The number of benzene rings is 2. The van der Waals surface area contributed by atoms with Crippen molar-refractivity contribution in [2.24, 2.45) is 0 Å². The largest absolute Gasteiger partial charge is 0.416 e. The molecular weight excluding hydrogens is 468 g/mol. The third-order valence-electron chi connectivity index (χ3n) is 6.51. The number of urea groups is 1.